The van der Waals surface area contributed by atoms with E-state index in [0.717, 1.165) is 17.0 Å². The number of H-pyrrole nitrogens is 3. The van der Waals surface area contributed by atoms with Gasteiger partial charge in [0.25, 0.3) is 11.1 Å². The Hall–Kier alpha value is -4.13. The zero-order valence-corrected chi connectivity index (χ0v) is 16.1. The minimum atomic E-state index is -0.365. The highest BCUT2D eigenvalue weighted by Gasteiger charge is 1.99. The van der Waals surface area contributed by atoms with Crippen molar-refractivity contribution < 1.29 is 4.74 Å². The molecule has 0 saturated carbocycles. The molecule has 0 spiro atoms. The molecule has 0 radical (unpaired) electrons. The van der Waals surface area contributed by atoms with Crippen molar-refractivity contribution in [2.24, 2.45) is 0 Å². The van der Waals surface area contributed by atoms with Crippen LogP contribution in [0.15, 0.2) is 76.6 Å². The molecule has 7 nitrogen and oxygen atoms in total. The normalized spacial score (nSPS) is 12.3. The van der Waals surface area contributed by atoms with Gasteiger partial charge in [0, 0.05) is 18.8 Å². The lowest BCUT2D eigenvalue weighted by Crippen LogP contribution is -2.46. The maximum atomic E-state index is 12.4. The van der Waals surface area contributed by atoms with Crippen molar-refractivity contribution >= 4 is 12.2 Å². The largest absolute Gasteiger partial charge is 0.493 e. The Balaban J connectivity index is 1.51. The van der Waals surface area contributed by atoms with Gasteiger partial charge in [-0.2, -0.15) is 0 Å². The lowest BCUT2D eigenvalue weighted by atomic mass is 10.2. The molecule has 3 N–H and O–H groups in total. The second-order valence-corrected chi connectivity index (χ2v) is 6.64. The predicted octanol–water partition coefficient (Wildman–Crippen LogP) is 1.07. The van der Waals surface area contributed by atoms with Crippen LogP contribution < -0.4 is 26.6 Å². The summed E-state index contributed by atoms with van der Waals surface area (Å²) in [4.78, 5) is 37.2. The summed E-state index contributed by atoms with van der Waals surface area (Å²) in [6.45, 7) is 0.503. The van der Waals surface area contributed by atoms with E-state index >= 15 is 0 Å². The lowest BCUT2D eigenvalue weighted by molar-refractivity contribution is 0.319. The van der Waals surface area contributed by atoms with E-state index in [9.17, 15) is 9.59 Å². The first kappa shape index (κ1) is 19.2. The number of rotatable bonds is 6. The Labute approximate surface area is 171 Å². The van der Waals surface area contributed by atoms with Crippen molar-refractivity contribution in [3.8, 4) is 5.75 Å². The van der Waals surface area contributed by atoms with Gasteiger partial charge in [-0.3, -0.25) is 9.59 Å². The number of hydrogen-bond acceptors (Lipinski definition) is 4. The average Bonchev–Trinajstić information content (AvgIpc) is 3.27. The molecule has 2 aromatic carbocycles. The summed E-state index contributed by atoms with van der Waals surface area (Å²) in [5.41, 5.74) is 0.880. The summed E-state index contributed by atoms with van der Waals surface area (Å²) < 4.78 is 5.70. The van der Waals surface area contributed by atoms with Gasteiger partial charge < -0.3 is 19.7 Å². The number of benzene rings is 2. The van der Waals surface area contributed by atoms with E-state index in [2.05, 4.69) is 19.9 Å². The number of imidazole rings is 1. The third kappa shape index (κ3) is 4.82. The molecule has 0 bridgehead atoms. The fraction of sp³-hybridized carbons (Fsp3) is 0.0870. The van der Waals surface area contributed by atoms with E-state index in [1.54, 1.807) is 24.5 Å². The molecule has 4 aromatic rings. The standard InChI is InChI=1S/C23H20N4O3/c28-22-19(14-16-4-2-1-3-5-16)26-23(29)20(27-22)15-17-6-8-18(9-7-17)30-13-10-21-24-11-12-25-21/h1-9,11-12,14-15H,10,13H2,(H,24,25)(H,26,29)(H,27,28). The van der Waals surface area contributed by atoms with Gasteiger partial charge in [0.1, 0.15) is 22.3 Å². The molecule has 0 aliphatic carbocycles. The van der Waals surface area contributed by atoms with Gasteiger partial charge >= 0.3 is 0 Å². The van der Waals surface area contributed by atoms with Gasteiger partial charge in [0.15, 0.2) is 0 Å². The molecule has 0 fully saturated rings. The fourth-order valence-corrected chi connectivity index (χ4v) is 2.94. The number of nitrogens with zero attached hydrogens (tertiary/aromatic N) is 1. The summed E-state index contributed by atoms with van der Waals surface area (Å²) in [5.74, 6) is 1.59. The molecule has 150 valence electrons. The van der Waals surface area contributed by atoms with E-state index in [-0.39, 0.29) is 21.8 Å². The number of aromatic nitrogens is 4. The molecule has 0 amide bonds. The van der Waals surface area contributed by atoms with Crippen LogP contribution in [0.1, 0.15) is 17.0 Å². The van der Waals surface area contributed by atoms with Crippen LogP contribution in [0.2, 0.25) is 0 Å². The van der Waals surface area contributed by atoms with Crippen molar-refractivity contribution in [3.05, 3.63) is 115 Å². The van der Waals surface area contributed by atoms with Crippen LogP contribution in [0.3, 0.4) is 0 Å². The van der Waals surface area contributed by atoms with Gasteiger partial charge in [0.2, 0.25) is 0 Å². The summed E-state index contributed by atoms with van der Waals surface area (Å²) >= 11 is 0. The van der Waals surface area contributed by atoms with Gasteiger partial charge in [-0.25, -0.2) is 4.98 Å². The Kier molecular flexibility index (Phi) is 5.70. The first-order valence-electron chi connectivity index (χ1n) is 9.50. The third-order valence-electron chi connectivity index (χ3n) is 4.45. The number of aromatic amines is 3. The Bertz CT molecular complexity index is 1340. The van der Waals surface area contributed by atoms with Crippen LogP contribution in [0.25, 0.3) is 12.2 Å². The van der Waals surface area contributed by atoms with Crippen LogP contribution >= 0.6 is 0 Å². The summed E-state index contributed by atoms with van der Waals surface area (Å²) in [6, 6.07) is 16.6. The predicted molar refractivity (Wildman–Crippen MR) is 115 cm³/mol. The molecule has 0 atom stereocenters. The lowest BCUT2D eigenvalue weighted by Gasteiger charge is -2.05. The van der Waals surface area contributed by atoms with Crippen molar-refractivity contribution in [2.75, 3.05) is 6.61 Å². The molecule has 2 heterocycles. The van der Waals surface area contributed by atoms with Crippen LogP contribution in [0.5, 0.6) is 5.75 Å². The highest BCUT2D eigenvalue weighted by molar-refractivity contribution is 5.50. The van der Waals surface area contributed by atoms with Gasteiger partial charge in [-0.15, -0.1) is 0 Å². The molecule has 7 heteroatoms. The van der Waals surface area contributed by atoms with Crippen LogP contribution in [0.4, 0.5) is 0 Å². The molecule has 4 rings (SSSR count). The minimum absolute atomic E-state index is 0.191. The van der Waals surface area contributed by atoms with E-state index in [4.69, 9.17) is 4.74 Å². The molecular formula is C23H20N4O3. The van der Waals surface area contributed by atoms with Crippen molar-refractivity contribution in [2.45, 2.75) is 6.42 Å². The average molecular weight is 400 g/mol. The molecule has 0 aliphatic heterocycles. The van der Waals surface area contributed by atoms with E-state index in [0.29, 0.717) is 18.8 Å². The highest BCUT2D eigenvalue weighted by Crippen LogP contribution is 2.12. The maximum Gasteiger partial charge on any atom is 0.272 e. The number of ether oxygens (including phenoxy) is 1. The second kappa shape index (κ2) is 8.91. The molecule has 2 aromatic heterocycles. The molecule has 30 heavy (non-hydrogen) atoms. The van der Waals surface area contributed by atoms with Crippen LogP contribution in [-0.2, 0) is 6.42 Å². The molecule has 0 saturated heterocycles. The summed E-state index contributed by atoms with van der Waals surface area (Å²) in [5, 5.41) is 0.403. The Morgan fingerprint density at radius 3 is 2.07 bits per heavy atom. The number of hydrogen-bond donors (Lipinski definition) is 3. The zero-order chi connectivity index (χ0) is 20.8. The van der Waals surface area contributed by atoms with Crippen molar-refractivity contribution in [3.63, 3.8) is 0 Å². The Morgan fingerprint density at radius 1 is 0.833 bits per heavy atom. The van der Waals surface area contributed by atoms with E-state index in [1.165, 1.54) is 0 Å². The van der Waals surface area contributed by atoms with Crippen molar-refractivity contribution in [1.82, 2.24) is 19.9 Å². The number of nitrogens with one attached hydrogen (secondary N) is 3. The SMILES string of the molecule is O=c1[nH]c(=Cc2ccc(OCCc3ncc[nH]3)cc2)c(=O)[nH]c1=Cc1ccccc1. The van der Waals surface area contributed by atoms with Crippen LogP contribution in [-0.4, -0.2) is 26.5 Å². The van der Waals surface area contributed by atoms with Crippen molar-refractivity contribution in [1.29, 1.82) is 0 Å². The first-order chi connectivity index (χ1) is 14.7. The van der Waals surface area contributed by atoms with Gasteiger partial charge in [0.05, 0.1) is 6.61 Å². The van der Waals surface area contributed by atoms with Crippen LogP contribution in [0, 0.1) is 0 Å². The topological polar surface area (TPSA) is 104 Å². The highest BCUT2D eigenvalue weighted by atomic mass is 16.5. The zero-order valence-electron chi connectivity index (χ0n) is 16.1. The molecule has 0 unspecified atom stereocenters. The summed E-state index contributed by atoms with van der Waals surface area (Å²) in [7, 11) is 0. The second-order valence-electron chi connectivity index (χ2n) is 6.64. The van der Waals surface area contributed by atoms with E-state index < -0.39 is 0 Å². The monoisotopic (exact) mass is 400 g/mol. The van der Waals surface area contributed by atoms with Gasteiger partial charge in [-0.1, -0.05) is 42.5 Å². The quantitative estimate of drug-likeness (QED) is 0.450. The smallest absolute Gasteiger partial charge is 0.272 e. The maximum absolute atomic E-state index is 12.4. The summed E-state index contributed by atoms with van der Waals surface area (Å²) in [6.07, 6.45) is 7.43. The van der Waals surface area contributed by atoms with E-state index in [1.807, 2.05) is 54.6 Å². The fourth-order valence-electron chi connectivity index (χ4n) is 2.94. The first-order valence-corrected chi connectivity index (χ1v) is 9.50. The van der Waals surface area contributed by atoms with Gasteiger partial charge in [-0.05, 0) is 35.4 Å². The Morgan fingerprint density at radius 2 is 1.47 bits per heavy atom. The molecule has 0 aliphatic rings. The minimum Gasteiger partial charge on any atom is -0.493 e. The third-order valence-corrected chi connectivity index (χ3v) is 4.45. The molecular weight excluding hydrogens is 380 g/mol.